The van der Waals surface area contributed by atoms with Crippen LogP contribution in [0.15, 0.2) is 48.8 Å². The first-order chi connectivity index (χ1) is 18.8. The molecule has 11 heteroatoms. The molecule has 8 nitrogen and oxygen atoms in total. The number of nitriles is 1. The highest BCUT2D eigenvalue weighted by Gasteiger charge is 2.34. The minimum Gasteiger partial charge on any atom is -0.393 e. The number of anilines is 2. The zero-order valence-corrected chi connectivity index (χ0v) is 22.3. The second kappa shape index (κ2) is 10.1. The Morgan fingerprint density at radius 1 is 1.18 bits per heavy atom. The normalized spacial score (nSPS) is 20.8. The lowest BCUT2D eigenvalue weighted by Crippen LogP contribution is -2.37. The highest BCUT2D eigenvalue weighted by molar-refractivity contribution is 6.36. The topological polar surface area (TPSA) is 112 Å². The van der Waals surface area contributed by atoms with Crippen molar-refractivity contribution in [2.24, 2.45) is 0 Å². The Hall–Kier alpha value is -3.68. The molecule has 3 N–H and O–H groups in total. The molecule has 2 heterocycles. The van der Waals surface area contributed by atoms with Gasteiger partial charge in [-0.3, -0.25) is 4.98 Å². The summed E-state index contributed by atoms with van der Waals surface area (Å²) in [6, 6.07) is 12.7. The Labute approximate surface area is 231 Å². The lowest BCUT2D eigenvalue weighted by atomic mass is 9.69. The summed E-state index contributed by atoms with van der Waals surface area (Å²) < 4.78 is 15.7. The molecule has 2 aromatic carbocycles. The van der Waals surface area contributed by atoms with Crippen molar-refractivity contribution in [3.05, 3.63) is 76.5 Å². The molecule has 0 aliphatic heterocycles. The van der Waals surface area contributed by atoms with Gasteiger partial charge in [0.2, 0.25) is 0 Å². The van der Waals surface area contributed by atoms with E-state index in [0.717, 1.165) is 37.7 Å². The number of nitrogens with one attached hydrogen (secondary N) is 2. The van der Waals surface area contributed by atoms with Crippen molar-refractivity contribution in [2.45, 2.75) is 62.2 Å². The number of pyridine rings is 1. The number of hydrogen-bond donors (Lipinski definition) is 3. The molecule has 4 aromatic rings. The van der Waals surface area contributed by atoms with Gasteiger partial charge in [-0.25, -0.2) is 9.07 Å². The van der Waals surface area contributed by atoms with E-state index in [-0.39, 0.29) is 18.0 Å². The fraction of sp³-hybridized carbons (Fsp3) is 0.357. The van der Waals surface area contributed by atoms with E-state index in [1.54, 1.807) is 18.2 Å². The van der Waals surface area contributed by atoms with Crippen LogP contribution in [0.3, 0.4) is 0 Å². The quantitative estimate of drug-likeness (QED) is 0.295. The lowest BCUT2D eigenvalue weighted by molar-refractivity contribution is 0.124. The van der Waals surface area contributed by atoms with Crippen LogP contribution in [0.4, 0.5) is 15.8 Å². The van der Waals surface area contributed by atoms with Gasteiger partial charge in [0, 0.05) is 23.3 Å². The molecule has 2 fully saturated rings. The third-order valence-electron chi connectivity index (χ3n) is 7.80. The molecule has 3 atom stereocenters. The molecule has 0 amide bonds. The van der Waals surface area contributed by atoms with Gasteiger partial charge in [0.15, 0.2) is 0 Å². The van der Waals surface area contributed by atoms with E-state index in [0.29, 0.717) is 51.0 Å². The molecule has 198 valence electrons. The summed E-state index contributed by atoms with van der Waals surface area (Å²) >= 11 is 6.76. The van der Waals surface area contributed by atoms with Crippen LogP contribution in [-0.2, 0) is 5.44 Å². The van der Waals surface area contributed by atoms with Gasteiger partial charge in [0.25, 0.3) is 0 Å². The monoisotopic (exact) mass is 543 g/mol. The first kappa shape index (κ1) is 25.6. The lowest BCUT2D eigenvalue weighted by Gasteiger charge is -2.31. The number of aliphatic hydroxyl groups excluding tert-OH is 1. The smallest absolute Gasteiger partial charge is 0.148 e. The van der Waals surface area contributed by atoms with Crippen LogP contribution in [0.5, 0.6) is 0 Å². The summed E-state index contributed by atoms with van der Waals surface area (Å²) in [5, 5.41) is 37.1. The van der Waals surface area contributed by atoms with Crippen molar-refractivity contribution in [2.75, 3.05) is 10.6 Å². The van der Waals surface area contributed by atoms with E-state index in [4.69, 9.17) is 11.6 Å². The van der Waals surface area contributed by atoms with Gasteiger partial charge in [-0.05, 0) is 68.4 Å². The fourth-order valence-corrected chi connectivity index (χ4v) is 5.72. The van der Waals surface area contributed by atoms with Crippen LogP contribution in [0.2, 0.25) is 5.02 Å². The van der Waals surface area contributed by atoms with E-state index < -0.39 is 5.44 Å². The van der Waals surface area contributed by atoms with Gasteiger partial charge in [-0.2, -0.15) is 5.26 Å². The SMILES string of the molecule is BC(Nc1cc(Cl)c2ncc(C#N)c(N[C@H]3CCC[C@H](O)C3)c2c1)(c1ccc(F)cc1)c1cn(C2CC2)nn1. The number of aliphatic hydroxyl groups is 1. The minimum atomic E-state index is -0.862. The van der Waals surface area contributed by atoms with Crippen molar-refractivity contribution in [3.8, 4) is 6.07 Å². The van der Waals surface area contributed by atoms with Gasteiger partial charge in [-0.15, -0.1) is 5.10 Å². The standard InChI is InChI=1S/C28H28BClFN7O/c29-28(17-4-6-18(31)7-5-17,25-15-38(37-36-25)21-8-9-21)35-20-11-23-26(34-19-2-1-3-22(39)10-19)16(13-32)14-33-27(23)24(30)12-20/h4-7,11-12,14-15,19,21-22,35,39H,1-3,8-10,29H2,(H,33,34)/t19-,22-,28?/m0/s1. The Morgan fingerprint density at radius 2 is 1.97 bits per heavy atom. The number of nitrogens with zero attached hydrogens (tertiary/aromatic N) is 5. The fourth-order valence-electron chi connectivity index (χ4n) is 5.45. The summed E-state index contributed by atoms with van der Waals surface area (Å²) in [4.78, 5) is 4.47. The largest absolute Gasteiger partial charge is 0.393 e. The number of halogens is 2. The first-order valence-corrected chi connectivity index (χ1v) is 13.7. The molecule has 39 heavy (non-hydrogen) atoms. The van der Waals surface area contributed by atoms with Gasteiger partial charge < -0.3 is 15.7 Å². The van der Waals surface area contributed by atoms with E-state index in [1.807, 2.05) is 24.8 Å². The van der Waals surface area contributed by atoms with Gasteiger partial charge >= 0.3 is 0 Å². The van der Waals surface area contributed by atoms with Crippen LogP contribution < -0.4 is 10.6 Å². The average molecular weight is 544 g/mol. The number of rotatable bonds is 7. The molecule has 0 radical (unpaired) electrons. The van der Waals surface area contributed by atoms with Crippen molar-refractivity contribution in [1.82, 2.24) is 20.0 Å². The highest BCUT2D eigenvalue weighted by atomic mass is 35.5. The van der Waals surface area contributed by atoms with Crippen molar-refractivity contribution >= 4 is 41.7 Å². The third-order valence-corrected chi connectivity index (χ3v) is 8.09. The van der Waals surface area contributed by atoms with Gasteiger partial charge in [0.05, 0.1) is 45.6 Å². The van der Waals surface area contributed by atoms with E-state index >= 15 is 0 Å². The van der Waals surface area contributed by atoms with Crippen LogP contribution >= 0.6 is 11.6 Å². The molecule has 0 spiro atoms. The summed E-state index contributed by atoms with van der Waals surface area (Å²) in [5.41, 5.74) is 2.95. The molecule has 2 saturated carbocycles. The summed E-state index contributed by atoms with van der Waals surface area (Å²) in [5.74, 6) is -0.324. The molecule has 0 saturated heterocycles. The van der Waals surface area contributed by atoms with Gasteiger partial charge in [0.1, 0.15) is 25.4 Å². The van der Waals surface area contributed by atoms with Crippen molar-refractivity contribution < 1.29 is 9.50 Å². The Morgan fingerprint density at radius 3 is 2.69 bits per heavy atom. The molecular formula is C28H28BClFN7O. The number of aromatic nitrogens is 4. The minimum absolute atomic E-state index is 0.0313. The van der Waals surface area contributed by atoms with Crippen molar-refractivity contribution in [1.29, 1.82) is 5.26 Å². The zero-order valence-electron chi connectivity index (χ0n) is 21.5. The number of fused-ring (bicyclic) bond motifs is 1. The molecular weight excluding hydrogens is 516 g/mol. The number of benzene rings is 2. The molecule has 1 unspecified atom stereocenters. The highest BCUT2D eigenvalue weighted by Crippen LogP contribution is 2.39. The maximum absolute atomic E-state index is 13.9. The second-order valence-corrected chi connectivity index (χ2v) is 11.2. The molecule has 2 aromatic heterocycles. The Bertz CT molecular complexity index is 1570. The number of hydrogen-bond acceptors (Lipinski definition) is 7. The summed E-state index contributed by atoms with van der Waals surface area (Å²) in [6.45, 7) is 0. The van der Waals surface area contributed by atoms with E-state index in [1.165, 1.54) is 18.3 Å². The van der Waals surface area contributed by atoms with Crippen LogP contribution in [0, 0.1) is 17.1 Å². The summed E-state index contributed by atoms with van der Waals surface area (Å²) in [6.07, 6.45) is 8.46. The molecule has 2 aliphatic carbocycles. The average Bonchev–Trinajstić information content (AvgIpc) is 3.65. The summed E-state index contributed by atoms with van der Waals surface area (Å²) in [7, 11) is 1.98. The van der Waals surface area contributed by atoms with E-state index in [2.05, 4.69) is 32.0 Å². The molecule has 6 rings (SSSR count). The molecule has 0 bridgehead atoms. The Balaban J connectivity index is 1.44. The van der Waals surface area contributed by atoms with Gasteiger partial charge in [-0.1, -0.05) is 28.9 Å². The molecule has 2 aliphatic rings. The van der Waals surface area contributed by atoms with Crippen molar-refractivity contribution in [3.63, 3.8) is 0 Å². The third kappa shape index (κ3) is 5.04. The Kier molecular flexibility index (Phi) is 6.65. The van der Waals surface area contributed by atoms with Crippen LogP contribution in [0.1, 0.15) is 61.4 Å². The van der Waals surface area contributed by atoms with E-state index in [9.17, 15) is 14.8 Å². The van der Waals surface area contributed by atoms with Crippen LogP contribution in [-0.4, -0.2) is 45.1 Å². The predicted molar refractivity (Wildman–Crippen MR) is 151 cm³/mol. The zero-order chi connectivity index (χ0) is 27.1. The van der Waals surface area contributed by atoms with Crippen LogP contribution in [0.25, 0.3) is 10.9 Å². The maximum Gasteiger partial charge on any atom is 0.148 e. The first-order valence-electron chi connectivity index (χ1n) is 13.3. The predicted octanol–water partition coefficient (Wildman–Crippen LogP) is 4.49. The maximum atomic E-state index is 13.9. The second-order valence-electron chi connectivity index (χ2n) is 10.7.